The van der Waals surface area contributed by atoms with Gasteiger partial charge in [0.15, 0.2) is 9.84 Å². The van der Waals surface area contributed by atoms with Gasteiger partial charge in [0.2, 0.25) is 0 Å². The first kappa shape index (κ1) is 16.1. The van der Waals surface area contributed by atoms with Crippen LogP contribution in [-0.4, -0.2) is 20.8 Å². The van der Waals surface area contributed by atoms with Gasteiger partial charge < -0.3 is 4.74 Å². The van der Waals surface area contributed by atoms with Crippen molar-refractivity contribution in [2.75, 3.05) is 6.26 Å². The van der Waals surface area contributed by atoms with Gasteiger partial charge in [-0.1, -0.05) is 18.2 Å². The van der Waals surface area contributed by atoms with E-state index in [0.717, 1.165) is 11.1 Å². The molecule has 0 aliphatic heterocycles. The minimum absolute atomic E-state index is 0.0512. The Hall–Kier alpha value is -2.32. The molecule has 0 radical (unpaired) electrons. The quantitative estimate of drug-likeness (QED) is 0.867. The molecular formula is C17H17NO3S. The lowest BCUT2D eigenvalue weighted by atomic mass is 10.0. The molecule has 0 unspecified atom stereocenters. The molecule has 0 bridgehead atoms. The predicted molar refractivity (Wildman–Crippen MR) is 85.5 cm³/mol. The van der Waals surface area contributed by atoms with Crippen molar-refractivity contribution >= 4 is 9.84 Å². The van der Waals surface area contributed by atoms with Crippen LogP contribution in [0.5, 0.6) is 5.75 Å². The van der Waals surface area contributed by atoms with Crippen LogP contribution in [0.25, 0.3) is 11.1 Å². The molecule has 0 saturated carbocycles. The van der Waals surface area contributed by atoms with Gasteiger partial charge in [-0.2, -0.15) is 5.26 Å². The third-order valence-electron chi connectivity index (χ3n) is 3.06. The summed E-state index contributed by atoms with van der Waals surface area (Å²) in [6, 6.07) is 14.0. The highest BCUT2D eigenvalue weighted by atomic mass is 32.2. The molecule has 4 nitrogen and oxygen atoms in total. The first-order valence-electron chi connectivity index (χ1n) is 6.82. The maximum absolute atomic E-state index is 11.7. The van der Waals surface area contributed by atoms with Crippen molar-refractivity contribution in [3.05, 3.63) is 48.0 Å². The van der Waals surface area contributed by atoms with Crippen molar-refractivity contribution in [3.63, 3.8) is 0 Å². The predicted octanol–water partition coefficient (Wildman–Crippen LogP) is 3.42. The molecule has 0 aromatic heterocycles. The lowest BCUT2D eigenvalue weighted by molar-refractivity contribution is 0.242. The number of hydrogen-bond donors (Lipinski definition) is 0. The van der Waals surface area contributed by atoms with E-state index in [9.17, 15) is 8.42 Å². The molecule has 22 heavy (non-hydrogen) atoms. The zero-order valence-corrected chi connectivity index (χ0v) is 13.5. The Labute approximate surface area is 130 Å². The molecule has 0 aliphatic rings. The van der Waals surface area contributed by atoms with Gasteiger partial charge in [0, 0.05) is 6.26 Å². The van der Waals surface area contributed by atoms with Crippen LogP contribution in [0, 0.1) is 11.3 Å². The van der Waals surface area contributed by atoms with Gasteiger partial charge in [0.25, 0.3) is 0 Å². The normalized spacial score (nSPS) is 11.2. The van der Waals surface area contributed by atoms with E-state index in [-0.39, 0.29) is 11.0 Å². The van der Waals surface area contributed by atoms with Crippen LogP contribution in [0.3, 0.4) is 0 Å². The Kier molecular flexibility index (Phi) is 4.53. The summed E-state index contributed by atoms with van der Waals surface area (Å²) in [5, 5.41) is 9.13. The number of benzene rings is 2. The highest BCUT2D eigenvalue weighted by Crippen LogP contribution is 2.29. The second-order valence-electron chi connectivity index (χ2n) is 5.29. The van der Waals surface area contributed by atoms with E-state index in [1.54, 1.807) is 36.4 Å². The Morgan fingerprint density at radius 3 is 2.36 bits per heavy atom. The summed E-state index contributed by atoms with van der Waals surface area (Å²) < 4.78 is 29.0. The van der Waals surface area contributed by atoms with E-state index < -0.39 is 9.84 Å². The average Bonchev–Trinajstić information content (AvgIpc) is 2.46. The monoisotopic (exact) mass is 315 g/mol. The molecule has 0 aliphatic carbocycles. The number of hydrogen-bond acceptors (Lipinski definition) is 4. The summed E-state index contributed by atoms with van der Waals surface area (Å²) in [6.07, 6.45) is 1.13. The molecule has 0 saturated heterocycles. The van der Waals surface area contributed by atoms with E-state index in [0.29, 0.717) is 11.3 Å². The molecule has 114 valence electrons. The van der Waals surface area contributed by atoms with E-state index in [1.165, 1.54) is 6.26 Å². The van der Waals surface area contributed by atoms with E-state index in [2.05, 4.69) is 6.07 Å². The first-order valence-corrected chi connectivity index (χ1v) is 8.71. The number of ether oxygens (including phenoxy) is 1. The van der Waals surface area contributed by atoms with Crippen LogP contribution in [0.15, 0.2) is 47.4 Å². The number of sulfone groups is 1. The molecule has 0 fully saturated rings. The molecule has 5 heteroatoms. The summed E-state index contributed by atoms with van der Waals surface area (Å²) in [7, 11) is -3.26. The van der Waals surface area contributed by atoms with Crippen molar-refractivity contribution in [1.82, 2.24) is 0 Å². The summed E-state index contributed by atoms with van der Waals surface area (Å²) in [5.41, 5.74) is 2.03. The van der Waals surface area contributed by atoms with Crippen LogP contribution in [0.4, 0.5) is 0 Å². The molecule has 2 rings (SSSR count). The van der Waals surface area contributed by atoms with Crippen LogP contribution in [0.1, 0.15) is 19.4 Å². The van der Waals surface area contributed by atoms with Gasteiger partial charge in [-0.15, -0.1) is 0 Å². The van der Waals surface area contributed by atoms with Crippen molar-refractivity contribution in [2.24, 2.45) is 0 Å². The van der Waals surface area contributed by atoms with Gasteiger partial charge >= 0.3 is 0 Å². The SMILES string of the molecule is CC(C)Oc1cc(-c2cccc(S(C)(=O)=O)c2)ccc1C#N. The molecule has 2 aromatic rings. The summed E-state index contributed by atoms with van der Waals surface area (Å²) in [5.74, 6) is 0.500. The zero-order chi connectivity index (χ0) is 16.3. The second kappa shape index (κ2) is 6.20. The van der Waals surface area contributed by atoms with Crippen molar-refractivity contribution in [3.8, 4) is 22.9 Å². The van der Waals surface area contributed by atoms with Gasteiger partial charge in [0.05, 0.1) is 16.6 Å². The Balaban J connectivity index is 2.52. The maximum atomic E-state index is 11.7. The number of nitrogens with zero attached hydrogens (tertiary/aromatic N) is 1. The fraction of sp³-hybridized carbons (Fsp3) is 0.235. The molecule has 0 heterocycles. The minimum Gasteiger partial charge on any atom is -0.490 e. The average molecular weight is 315 g/mol. The fourth-order valence-corrected chi connectivity index (χ4v) is 2.72. The molecule has 2 aromatic carbocycles. The lowest BCUT2D eigenvalue weighted by Crippen LogP contribution is -2.06. The van der Waals surface area contributed by atoms with Gasteiger partial charge in [-0.3, -0.25) is 0 Å². The fourth-order valence-electron chi connectivity index (χ4n) is 2.05. The molecular weight excluding hydrogens is 298 g/mol. The molecule has 0 N–H and O–H groups in total. The van der Waals surface area contributed by atoms with E-state index in [4.69, 9.17) is 10.00 Å². The highest BCUT2D eigenvalue weighted by Gasteiger charge is 2.11. The first-order chi connectivity index (χ1) is 10.3. The van der Waals surface area contributed by atoms with Gasteiger partial charge in [0.1, 0.15) is 11.8 Å². The Bertz CT molecular complexity index is 833. The summed E-state index contributed by atoms with van der Waals surface area (Å²) in [6.45, 7) is 3.77. The van der Waals surface area contributed by atoms with Crippen LogP contribution >= 0.6 is 0 Å². The van der Waals surface area contributed by atoms with Crippen LogP contribution < -0.4 is 4.74 Å². The minimum atomic E-state index is -3.26. The van der Waals surface area contributed by atoms with Crippen LogP contribution in [0.2, 0.25) is 0 Å². The van der Waals surface area contributed by atoms with Crippen molar-refractivity contribution in [1.29, 1.82) is 5.26 Å². The maximum Gasteiger partial charge on any atom is 0.175 e. The van der Waals surface area contributed by atoms with Gasteiger partial charge in [-0.05, 0) is 49.2 Å². The molecule has 0 spiro atoms. The standard InChI is InChI=1S/C17H17NO3S/c1-12(2)21-17-10-14(7-8-15(17)11-18)13-5-4-6-16(9-13)22(3,19)20/h4-10,12H,1-3H3. The molecule has 0 amide bonds. The third kappa shape index (κ3) is 3.66. The zero-order valence-electron chi connectivity index (χ0n) is 12.7. The molecule has 0 atom stereocenters. The van der Waals surface area contributed by atoms with Crippen molar-refractivity contribution in [2.45, 2.75) is 24.8 Å². The Morgan fingerprint density at radius 2 is 1.77 bits per heavy atom. The lowest BCUT2D eigenvalue weighted by Gasteiger charge is -2.13. The highest BCUT2D eigenvalue weighted by molar-refractivity contribution is 7.90. The van der Waals surface area contributed by atoms with Crippen molar-refractivity contribution < 1.29 is 13.2 Å². The summed E-state index contributed by atoms with van der Waals surface area (Å²) >= 11 is 0. The largest absolute Gasteiger partial charge is 0.490 e. The van der Waals surface area contributed by atoms with E-state index in [1.807, 2.05) is 19.9 Å². The second-order valence-corrected chi connectivity index (χ2v) is 7.31. The van der Waals surface area contributed by atoms with Gasteiger partial charge in [-0.25, -0.2) is 8.42 Å². The Morgan fingerprint density at radius 1 is 1.09 bits per heavy atom. The topological polar surface area (TPSA) is 67.2 Å². The van der Waals surface area contributed by atoms with E-state index >= 15 is 0 Å². The summed E-state index contributed by atoms with van der Waals surface area (Å²) in [4.78, 5) is 0.265. The van der Waals surface area contributed by atoms with Crippen LogP contribution in [-0.2, 0) is 9.84 Å². The number of nitriles is 1. The smallest absolute Gasteiger partial charge is 0.175 e. The third-order valence-corrected chi connectivity index (χ3v) is 4.17. The number of rotatable bonds is 4.